The van der Waals surface area contributed by atoms with Crippen molar-refractivity contribution >= 4 is 10.0 Å². The molecule has 1 aromatic heterocycles. The molecule has 5 nitrogen and oxygen atoms in total. The summed E-state index contributed by atoms with van der Waals surface area (Å²) in [6, 6.07) is 0. The van der Waals surface area contributed by atoms with E-state index < -0.39 is 33.0 Å². The summed E-state index contributed by atoms with van der Waals surface area (Å²) in [5.74, 6) is -3.27. The number of primary sulfonamides is 1. The third-order valence-corrected chi connectivity index (χ3v) is 2.70. The molecule has 0 bridgehead atoms. The molecule has 0 fully saturated rings. The number of pyridine rings is 1. The SMILES string of the molecule is Cc1cnc(F)c(OC(F)(F)F)c1S(N)(=O)=O. The minimum Gasteiger partial charge on any atom is -0.399 e. The van der Waals surface area contributed by atoms with Gasteiger partial charge in [-0.3, -0.25) is 0 Å². The molecule has 10 heteroatoms. The van der Waals surface area contributed by atoms with Crippen LogP contribution in [-0.4, -0.2) is 19.8 Å². The molecule has 96 valence electrons. The molecule has 1 heterocycles. The van der Waals surface area contributed by atoms with Crippen LogP contribution < -0.4 is 9.88 Å². The first kappa shape index (κ1) is 13.6. The molecule has 0 aliphatic carbocycles. The molecule has 0 aromatic carbocycles. The fourth-order valence-electron chi connectivity index (χ4n) is 1.10. The number of rotatable bonds is 2. The maximum Gasteiger partial charge on any atom is 0.573 e. The van der Waals surface area contributed by atoms with Crippen molar-refractivity contribution in [1.29, 1.82) is 0 Å². The number of aromatic nitrogens is 1. The van der Waals surface area contributed by atoms with Gasteiger partial charge in [-0.05, 0) is 12.5 Å². The van der Waals surface area contributed by atoms with Gasteiger partial charge in [0.25, 0.3) is 5.95 Å². The minimum absolute atomic E-state index is 0.256. The van der Waals surface area contributed by atoms with Crippen LogP contribution in [0, 0.1) is 12.9 Å². The van der Waals surface area contributed by atoms with E-state index in [2.05, 4.69) is 14.9 Å². The zero-order valence-electron chi connectivity index (χ0n) is 8.25. The summed E-state index contributed by atoms with van der Waals surface area (Å²) >= 11 is 0. The Kier molecular flexibility index (Phi) is 3.30. The van der Waals surface area contributed by atoms with Crippen LogP contribution in [0.25, 0.3) is 0 Å². The first-order chi connectivity index (χ1) is 7.52. The second kappa shape index (κ2) is 4.11. The number of hydrogen-bond acceptors (Lipinski definition) is 4. The molecule has 0 spiro atoms. The second-order valence-corrected chi connectivity index (χ2v) is 4.48. The third kappa shape index (κ3) is 3.27. The van der Waals surface area contributed by atoms with Gasteiger partial charge in [-0.1, -0.05) is 0 Å². The Bertz CT molecular complexity index is 541. The standard InChI is InChI=1S/C7H6F4N2O3S/c1-3-2-13-6(8)4(16-7(9,10)11)5(3)17(12,14)15/h2H,1H3,(H2,12,14,15). The Labute approximate surface area is 93.3 Å². The van der Waals surface area contributed by atoms with Crippen molar-refractivity contribution in [2.75, 3.05) is 0 Å². The molecular formula is C7H6F4N2O3S. The monoisotopic (exact) mass is 274 g/mol. The molecule has 0 radical (unpaired) electrons. The van der Waals surface area contributed by atoms with Gasteiger partial charge in [0.1, 0.15) is 4.90 Å². The minimum atomic E-state index is -5.25. The summed E-state index contributed by atoms with van der Waals surface area (Å²) in [6.07, 6.45) is -4.52. The van der Waals surface area contributed by atoms with Crippen LogP contribution in [0.15, 0.2) is 11.1 Å². The van der Waals surface area contributed by atoms with Crippen LogP contribution in [0.5, 0.6) is 5.75 Å². The summed E-state index contributed by atoms with van der Waals surface area (Å²) in [5, 5.41) is 4.68. The van der Waals surface area contributed by atoms with Crippen LogP contribution in [0.1, 0.15) is 5.56 Å². The van der Waals surface area contributed by atoms with Gasteiger partial charge in [-0.25, -0.2) is 18.5 Å². The number of alkyl halides is 3. The fourth-order valence-corrected chi connectivity index (χ4v) is 1.99. The average Bonchev–Trinajstić information content (AvgIpc) is 2.06. The highest BCUT2D eigenvalue weighted by atomic mass is 32.2. The van der Waals surface area contributed by atoms with E-state index in [9.17, 15) is 26.0 Å². The van der Waals surface area contributed by atoms with Gasteiger partial charge in [-0.2, -0.15) is 4.39 Å². The zero-order valence-corrected chi connectivity index (χ0v) is 9.06. The molecule has 0 unspecified atom stereocenters. The van der Waals surface area contributed by atoms with E-state index in [0.717, 1.165) is 13.1 Å². The molecule has 1 rings (SSSR count). The second-order valence-electron chi connectivity index (χ2n) is 2.98. The summed E-state index contributed by atoms with van der Waals surface area (Å²) in [5.41, 5.74) is -0.256. The number of nitrogens with two attached hydrogens (primary N) is 1. The average molecular weight is 274 g/mol. The zero-order chi connectivity index (χ0) is 13.4. The van der Waals surface area contributed by atoms with Crippen LogP contribution in [0.4, 0.5) is 17.6 Å². The van der Waals surface area contributed by atoms with Crippen LogP contribution in [-0.2, 0) is 10.0 Å². The predicted octanol–water partition coefficient (Wildman–Crippen LogP) is 1.08. The molecule has 0 aliphatic heterocycles. The molecule has 0 aliphatic rings. The third-order valence-electron chi connectivity index (χ3n) is 1.63. The van der Waals surface area contributed by atoms with Crippen molar-refractivity contribution in [2.45, 2.75) is 18.2 Å². The van der Waals surface area contributed by atoms with Crippen LogP contribution in [0.3, 0.4) is 0 Å². The predicted molar refractivity (Wildman–Crippen MR) is 47.0 cm³/mol. The van der Waals surface area contributed by atoms with Gasteiger partial charge in [-0.15, -0.1) is 13.2 Å². The van der Waals surface area contributed by atoms with Crippen molar-refractivity contribution in [3.63, 3.8) is 0 Å². The smallest absolute Gasteiger partial charge is 0.399 e. The van der Waals surface area contributed by atoms with Crippen molar-refractivity contribution in [2.24, 2.45) is 5.14 Å². The number of hydrogen-bond donors (Lipinski definition) is 1. The number of aryl methyl sites for hydroxylation is 1. The van der Waals surface area contributed by atoms with Gasteiger partial charge in [0, 0.05) is 6.20 Å². The molecule has 2 N–H and O–H groups in total. The Balaban J connectivity index is 3.52. The summed E-state index contributed by atoms with van der Waals surface area (Å²) in [7, 11) is -4.56. The highest BCUT2D eigenvalue weighted by Gasteiger charge is 2.36. The number of nitrogens with zero attached hydrogens (tertiary/aromatic N) is 1. The van der Waals surface area contributed by atoms with Crippen LogP contribution >= 0.6 is 0 Å². The first-order valence-corrected chi connectivity index (χ1v) is 5.50. The maximum absolute atomic E-state index is 13.0. The lowest BCUT2D eigenvalue weighted by atomic mass is 10.3. The molecule has 0 atom stereocenters. The normalized spacial score (nSPS) is 12.6. The number of ether oxygens (including phenoxy) is 1. The molecular weight excluding hydrogens is 268 g/mol. The van der Waals surface area contributed by atoms with Gasteiger partial charge in [0.05, 0.1) is 0 Å². The highest BCUT2D eigenvalue weighted by molar-refractivity contribution is 7.89. The first-order valence-electron chi connectivity index (χ1n) is 3.96. The lowest BCUT2D eigenvalue weighted by Gasteiger charge is -2.13. The Morgan fingerprint density at radius 1 is 1.41 bits per heavy atom. The number of halogens is 4. The van der Waals surface area contributed by atoms with E-state index >= 15 is 0 Å². The fraction of sp³-hybridized carbons (Fsp3) is 0.286. The quantitative estimate of drug-likeness (QED) is 0.646. The van der Waals surface area contributed by atoms with E-state index in [4.69, 9.17) is 0 Å². The van der Waals surface area contributed by atoms with Crippen molar-refractivity contribution in [3.05, 3.63) is 17.7 Å². The van der Waals surface area contributed by atoms with E-state index in [-0.39, 0.29) is 5.56 Å². The van der Waals surface area contributed by atoms with Crippen LogP contribution in [0.2, 0.25) is 0 Å². The highest BCUT2D eigenvalue weighted by Crippen LogP contribution is 2.32. The van der Waals surface area contributed by atoms with Crippen molar-refractivity contribution in [1.82, 2.24) is 4.98 Å². The molecule has 0 amide bonds. The van der Waals surface area contributed by atoms with Gasteiger partial charge in [0.15, 0.2) is 0 Å². The van der Waals surface area contributed by atoms with Crippen molar-refractivity contribution < 1.29 is 30.7 Å². The lowest BCUT2D eigenvalue weighted by Crippen LogP contribution is -2.23. The summed E-state index contributed by atoms with van der Waals surface area (Å²) in [4.78, 5) is 1.84. The molecule has 1 aromatic rings. The Morgan fingerprint density at radius 2 is 1.94 bits per heavy atom. The lowest BCUT2D eigenvalue weighted by molar-refractivity contribution is -0.276. The van der Waals surface area contributed by atoms with E-state index in [0.29, 0.717) is 0 Å². The molecule has 0 saturated carbocycles. The Hall–Kier alpha value is -1.42. The van der Waals surface area contributed by atoms with E-state index in [1.807, 2.05) is 0 Å². The number of sulfonamides is 1. The van der Waals surface area contributed by atoms with E-state index in [1.54, 1.807) is 0 Å². The van der Waals surface area contributed by atoms with Gasteiger partial charge >= 0.3 is 6.36 Å². The van der Waals surface area contributed by atoms with Crippen molar-refractivity contribution in [3.8, 4) is 5.75 Å². The van der Waals surface area contributed by atoms with E-state index in [1.165, 1.54) is 0 Å². The topological polar surface area (TPSA) is 82.3 Å². The molecule has 0 saturated heterocycles. The van der Waals surface area contributed by atoms with Gasteiger partial charge < -0.3 is 4.74 Å². The Morgan fingerprint density at radius 3 is 2.35 bits per heavy atom. The molecule has 17 heavy (non-hydrogen) atoms. The summed E-state index contributed by atoms with van der Waals surface area (Å²) in [6.45, 7) is 1.11. The maximum atomic E-state index is 13.0. The summed E-state index contributed by atoms with van der Waals surface area (Å²) < 4.78 is 74.3. The largest absolute Gasteiger partial charge is 0.573 e. The van der Waals surface area contributed by atoms with Gasteiger partial charge in [0.2, 0.25) is 15.8 Å².